The van der Waals surface area contributed by atoms with Crippen LogP contribution in [0.1, 0.15) is 22.0 Å². The number of benzene rings is 2. The number of amides is 1. The number of aliphatic hydroxyl groups is 1. The van der Waals surface area contributed by atoms with Crippen LogP contribution >= 0.6 is 22.9 Å². The molecule has 1 saturated heterocycles. The van der Waals surface area contributed by atoms with Gasteiger partial charge in [0.15, 0.2) is 0 Å². The molecule has 2 aromatic carbocycles. The number of aryl methyl sites for hydroxylation is 1. The van der Waals surface area contributed by atoms with E-state index in [1.54, 1.807) is 36.4 Å². The molecule has 164 valence electrons. The van der Waals surface area contributed by atoms with Gasteiger partial charge in [0.2, 0.25) is 0 Å². The Hall–Kier alpha value is -3.29. The smallest absolute Gasteiger partial charge is 0.300 e. The third kappa shape index (κ3) is 3.63. The Morgan fingerprint density at radius 2 is 1.88 bits per heavy atom. The number of rotatable bonds is 5. The van der Waals surface area contributed by atoms with Gasteiger partial charge in [0.1, 0.15) is 23.3 Å². The van der Waals surface area contributed by atoms with E-state index >= 15 is 0 Å². The van der Waals surface area contributed by atoms with Crippen LogP contribution in [0.25, 0.3) is 5.76 Å². The molecular formula is C24H20ClNO5S. The maximum atomic E-state index is 13.2. The molecule has 1 amide bonds. The summed E-state index contributed by atoms with van der Waals surface area (Å²) in [4.78, 5) is 28.6. The number of halogens is 1. The zero-order valence-electron chi connectivity index (χ0n) is 17.6. The maximum absolute atomic E-state index is 13.2. The van der Waals surface area contributed by atoms with Crippen molar-refractivity contribution in [2.45, 2.75) is 13.0 Å². The summed E-state index contributed by atoms with van der Waals surface area (Å²) in [5.41, 5.74) is 1.58. The standard InChI is InChI=1S/C24H20ClNO5S/c1-13-11-14(25)6-9-17(13)26-21(19-5-4-10-32-19)20(23(28)24(26)29)22(27)16-8-7-15(30-2)12-18(16)31-3/h4-12,21,27H,1-3H3/b22-20-. The second-order valence-electron chi connectivity index (χ2n) is 7.18. The normalized spacial score (nSPS) is 17.6. The maximum Gasteiger partial charge on any atom is 0.300 e. The summed E-state index contributed by atoms with van der Waals surface area (Å²) in [7, 11) is 2.98. The first-order chi connectivity index (χ1) is 15.4. The minimum absolute atomic E-state index is 0.00438. The Labute approximate surface area is 194 Å². The van der Waals surface area contributed by atoms with Gasteiger partial charge in [-0.05, 0) is 54.3 Å². The molecule has 1 fully saturated rings. The Balaban J connectivity index is 1.95. The van der Waals surface area contributed by atoms with E-state index in [0.29, 0.717) is 27.8 Å². The van der Waals surface area contributed by atoms with E-state index in [1.807, 2.05) is 24.4 Å². The molecule has 4 rings (SSSR count). The SMILES string of the molecule is COc1ccc(/C(O)=C2/C(=O)C(=O)N(c3ccc(Cl)cc3C)C2c2cccs2)c(OC)c1. The zero-order chi connectivity index (χ0) is 23.0. The van der Waals surface area contributed by atoms with Crippen molar-refractivity contribution in [1.29, 1.82) is 0 Å². The Bertz CT molecular complexity index is 1240. The van der Waals surface area contributed by atoms with Crippen LogP contribution in [0.2, 0.25) is 5.02 Å². The van der Waals surface area contributed by atoms with Crippen LogP contribution in [-0.2, 0) is 9.59 Å². The van der Waals surface area contributed by atoms with Crippen LogP contribution in [0.3, 0.4) is 0 Å². The van der Waals surface area contributed by atoms with E-state index < -0.39 is 17.7 Å². The largest absolute Gasteiger partial charge is 0.507 e. The van der Waals surface area contributed by atoms with Crippen molar-refractivity contribution in [2.24, 2.45) is 0 Å². The molecule has 0 aliphatic carbocycles. The molecule has 3 aromatic rings. The van der Waals surface area contributed by atoms with E-state index in [2.05, 4.69) is 0 Å². The number of ether oxygens (including phenoxy) is 2. The van der Waals surface area contributed by atoms with Gasteiger partial charge in [-0.1, -0.05) is 17.7 Å². The molecule has 0 saturated carbocycles. The van der Waals surface area contributed by atoms with Crippen molar-refractivity contribution in [3.8, 4) is 11.5 Å². The highest BCUT2D eigenvalue weighted by molar-refractivity contribution is 7.10. The Morgan fingerprint density at radius 3 is 2.50 bits per heavy atom. The molecule has 32 heavy (non-hydrogen) atoms. The van der Waals surface area contributed by atoms with Gasteiger partial charge in [0, 0.05) is 21.7 Å². The molecule has 8 heteroatoms. The Morgan fingerprint density at radius 1 is 1.09 bits per heavy atom. The van der Waals surface area contributed by atoms with Gasteiger partial charge in [-0.2, -0.15) is 0 Å². The molecule has 1 unspecified atom stereocenters. The lowest BCUT2D eigenvalue weighted by Crippen LogP contribution is -2.29. The van der Waals surface area contributed by atoms with Crippen LogP contribution in [0, 0.1) is 6.92 Å². The Kier molecular flexibility index (Phi) is 5.95. The van der Waals surface area contributed by atoms with Crippen molar-refractivity contribution in [2.75, 3.05) is 19.1 Å². The van der Waals surface area contributed by atoms with E-state index in [9.17, 15) is 14.7 Å². The second-order valence-corrected chi connectivity index (χ2v) is 8.60. The minimum atomic E-state index is -0.790. The molecule has 0 spiro atoms. The number of aliphatic hydroxyl groups excluding tert-OH is 1. The van der Waals surface area contributed by atoms with Crippen molar-refractivity contribution >= 4 is 46.1 Å². The quantitative estimate of drug-likeness (QED) is 0.309. The monoisotopic (exact) mass is 469 g/mol. The molecule has 0 radical (unpaired) electrons. The van der Waals surface area contributed by atoms with Gasteiger partial charge in [-0.15, -0.1) is 11.3 Å². The lowest BCUT2D eigenvalue weighted by atomic mass is 9.99. The summed E-state index contributed by atoms with van der Waals surface area (Å²) < 4.78 is 10.6. The summed E-state index contributed by atoms with van der Waals surface area (Å²) in [6.07, 6.45) is 0. The van der Waals surface area contributed by atoms with Crippen molar-refractivity contribution in [1.82, 2.24) is 0 Å². The summed E-state index contributed by atoms with van der Waals surface area (Å²) in [6.45, 7) is 1.82. The first-order valence-corrected chi connectivity index (χ1v) is 11.0. The molecule has 1 aliphatic heterocycles. The highest BCUT2D eigenvalue weighted by Crippen LogP contribution is 2.45. The van der Waals surface area contributed by atoms with Crippen molar-refractivity contribution in [3.63, 3.8) is 0 Å². The lowest BCUT2D eigenvalue weighted by molar-refractivity contribution is -0.132. The second kappa shape index (κ2) is 8.68. The number of ketones is 1. The van der Waals surface area contributed by atoms with Gasteiger partial charge in [-0.3, -0.25) is 14.5 Å². The third-order valence-corrected chi connectivity index (χ3v) is 6.50. The van der Waals surface area contributed by atoms with Crippen LogP contribution in [0.15, 0.2) is 59.5 Å². The average Bonchev–Trinajstić information content (AvgIpc) is 3.40. The minimum Gasteiger partial charge on any atom is -0.507 e. The fraction of sp³-hybridized carbons (Fsp3) is 0.167. The number of thiophene rings is 1. The highest BCUT2D eigenvalue weighted by Gasteiger charge is 2.48. The number of hydrogen-bond donors (Lipinski definition) is 1. The topological polar surface area (TPSA) is 76.1 Å². The van der Waals surface area contributed by atoms with E-state index in [4.69, 9.17) is 21.1 Å². The van der Waals surface area contributed by atoms with E-state index in [1.165, 1.54) is 30.5 Å². The summed E-state index contributed by atoms with van der Waals surface area (Å²) >= 11 is 7.50. The van der Waals surface area contributed by atoms with Crippen LogP contribution < -0.4 is 14.4 Å². The zero-order valence-corrected chi connectivity index (χ0v) is 19.2. The number of anilines is 1. The predicted molar refractivity (Wildman–Crippen MR) is 125 cm³/mol. The molecule has 1 N–H and O–H groups in total. The number of Topliss-reactive ketones (excluding diaryl/α,β-unsaturated/α-hetero) is 1. The molecule has 1 aromatic heterocycles. The lowest BCUT2D eigenvalue weighted by Gasteiger charge is -2.26. The average molecular weight is 470 g/mol. The van der Waals surface area contributed by atoms with Gasteiger partial charge in [-0.25, -0.2) is 0 Å². The first-order valence-electron chi connectivity index (χ1n) is 9.70. The molecule has 0 bridgehead atoms. The van der Waals surface area contributed by atoms with Gasteiger partial charge in [0.25, 0.3) is 11.7 Å². The summed E-state index contributed by atoms with van der Waals surface area (Å²) in [5, 5.41) is 13.7. The predicted octanol–water partition coefficient (Wildman–Crippen LogP) is 5.35. The van der Waals surface area contributed by atoms with E-state index in [0.717, 1.165) is 10.4 Å². The number of hydrogen-bond acceptors (Lipinski definition) is 6. The van der Waals surface area contributed by atoms with Crippen molar-refractivity contribution in [3.05, 3.63) is 80.5 Å². The van der Waals surface area contributed by atoms with Crippen LogP contribution in [0.4, 0.5) is 5.69 Å². The number of carbonyl (C=O) groups is 2. The molecule has 2 heterocycles. The summed E-state index contributed by atoms with van der Waals surface area (Å²) in [5.74, 6) is -0.947. The number of methoxy groups -OCH3 is 2. The van der Waals surface area contributed by atoms with Gasteiger partial charge < -0.3 is 14.6 Å². The molecular weight excluding hydrogens is 450 g/mol. The van der Waals surface area contributed by atoms with Crippen LogP contribution in [-0.4, -0.2) is 31.0 Å². The van der Waals surface area contributed by atoms with Gasteiger partial charge in [0.05, 0.1) is 25.4 Å². The summed E-state index contributed by atoms with van der Waals surface area (Å²) in [6, 6.07) is 12.8. The van der Waals surface area contributed by atoms with Crippen LogP contribution in [0.5, 0.6) is 11.5 Å². The first kappa shape index (κ1) is 21.9. The van der Waals surface area contributed by atoms with E-state index in [-0.39, 0.29) is 11.3 Å². The third-order valence-electron chi connectivity index (χ3n) is 5.34. The number of nitrogens with zero attached hydrogens (tertiary/aromatic N) is 1. The molecule has 6 nitrogen and oxygen atoms in total. The molecule has 1 aliphatic rings. The van der Waals surface area contributed by atoms with Crippen molar-refractivity contribution < 1.29 is 24.2 Å². The number of carbonyl (C=O) groups excluding carboxylic acids is 2. The highest BCUT2D eigenvalue weighted by atomic mass is 35.5. The fourth-order valence-corrected chi connectivity index (χ4v) is 4.88. The van der Waals surface area contributed by atoms with Gasteiger partial charge >= 0.3 is 0 Å². The fourth-order valence-electron chi connectivity index (χ4n) is 3.83. The molecule has 1 atom stereocenters.